The van der Waals surface area contributed by atoms with Gasteiger partial charge in [0, 0.05) is 28.0 Å². The Kier molecular flexibility index (Phi) is 36.2. The number of carbonyl (C=O) groups excluding carboxylic acids is 2. The number of phosphoric acid groups is 1. The molecule has 0 aromatic carbocycles. The van der Waals surface area contributed by atoms with Crippen molar-refractivity contribution < 1.29 is 113 Å². The fraction of sp³-hybridized carbons (Fsp3) is 0.500. The van der Waals surface area contributed by atoms with E-state index in [9.17, 15) is 23.9 Å². The van der Waals surface area contributed by atoms with Gasteiger partial charge in [-0.3, -0.25) is 4.79 Å². The summed E-state index contributed by atoms with van der Waals surface area (Å²) in [6.07, 6.45) is 7.13. The van der Waals surface area contributed by atoms with Crippen LogP contribution in [0.2, 0.25) is 0 Å². The third-order valence-corrected chi connectivity index (χ3v) is 4.67. The molecule has 40 heavy (non-hydrogen) atoms. The van der Waals surface area contributed by atoms with E-state index in [1.807, 2.05) is 0 Å². The van der Waals surface area contributed by atoms with Gasteiger partial charge in [0.2, 0.25) is 0 Å². The molecule has 0 fully saturated rings. The quantitative estimate of drug-likeness (QED) is 0.0597. The van der Waals surface area contributed by atoms with Gasteiger partial charge < -0.3 is 34.5 Å². The molecule has 0 aliphatic rings. The molecule has 0 heterocycles. The normalized spacial score (nSPS) is 9.10. The molecule has 0 spiro atoms. The van der Waals surface area contributed by atoms with Gasteiger partial charge in [0.05, 0.1) is 14.4 Å². The predicted molar refractivity (Wildman–Crippen MR) is 162 cm³/mol. The molecule has 226 valence electrons. The van der Waals surface area contributed by atoms with E-state index in [0.29, 0.717) is 6.42 Å². The number of hydrogen-bond donors (Lipinski definition) is 1. The summed E-state index contributed by atoms with van der Waals surface area (Å²) in [6, 6.07) is 0. The average molecular weight is 610 g/mol. The second-order valence-electron chi connectivity index (χ2n) is 7.30. The zero-order valence-corrected chi connectivity index (χ0v) is 28.7. The first kappa shape index (κ1) is 45.4. The Balaban J connectivity index is -0.0000000712. The number of rotatable bonds is 15. The van der Waals surface area contributed by atoms with E-state index >= 15 is 0 Å². The Bertz CT molecular complexity index is 1200. The van der Waals surface area contributed by atoms with E-state index < -0.39 is 39.1 Å². The van der Waals surface area contributed by atoms with Crippen molar-refractivity contribution in [1.82, 2.24) is 6.15 Å². The fourth-order valence-electron chi connectivity index (χ4n) is 2.54. The Morgan fingerprint density at radius 3 is 1.75 bits per heavy atom. The van der Waals surface area contributed by atoms with Crippen molar-refractivity contribution in [2.24, 2.45) is 0 Å². The molecule has 3 N–H and O–H groups in total. The molecule has 0 saturated carbocycles. The van der Waals surface area contributed by atoms with Crippen LogP contribution >= 0.6 is 7.82 Å². The van der Waals surface area contributed by atoms with Crippen molar-refractivity contribution >= 4 is 19.8 Å². The minimum Gasteiger partial charge on any atom is -0.790 e. The number of hydrogen-bond acceptors (Lipinski definition) is 9. The molecular formula is C28H54NNa2O8P. The SMILES string of the molecule is CC#CC#CC#CC#CC#CC#CC(=O)OC[C@@H](COP(=O)([O-])[O-])OC(=O)CCCCCCCCCC.N.[HH].[HH].[HH].[HH].[HH].[HH].[HH].[HH].[HH].[HH].[HH].[Na+].[Na+]. The van der Waals surface area contributed by atoms with Crippen LogP contribution in [0.1, 0.15) is 87.3 Å². The summed E-state index contributed by atoms with van der Waals surface area (Å²) in [4.78, 5) is 45.3. The van der Waals surface area contributed by atoms with Crippen molar-refractivity contribution in [2.45, 2.75) is 77.7 Å². The summed E-state index contributed by atoms with van der Waals surface area (Å²) >= 11 is 0. The zero-order valence-electron chi connectivity index (χ0n) is 23.8. The van der Waals surface area contributed by atoms with Crippen molar-refractivity contribution in [3.63, 3.8) is 0 Å². The third-order valence-electron chi connectivity index (χ3n) is 4.20. The maximum atomic E-state index is 12.1. The Hall–Kier alpha value is -1.63. The number of esters is 2. The zero-order chi connectivity index (χ0) is 27.6. The molecule has 0 amide bonds. The van der Waals surface area contributed by atoms with Crippen LogP contribution in [-0.4, -0.2) is 31.3 Å². The minimum absolute atomic E-state index is 0. The third kappa shape index (κ3) is 34.4. The van der Waals surface area contributed by atoms with Crippen LogP contribution in [0, 0.1) is 71.0 Å². The van der Waals surface area contributed by atoms with Crippen LogP contribution in [0.25, 0.3) is 0 Å². The maximum Gasteiger partial charge on any atom is 1.00 e. The average Bonchev–Trinajstić information content (AvgIpc) is 2.85. The second-order valence-corrected chi connectivity index (χ2v) is 8.46. The maximum absolute atomic E-state index is 12.1. The first-order valence-electron chi connectivity index (χ1n) is 11.7. The standard InChI is InChI=1S/C28H31O8P.H3N.2Na.11H2/c1-3-5-7-9-11-13-14-15-17-18-20-22-27(29)34-24-26(25-35-37(31,32)33)36-28(30)23-21-19-16-12-10-8-6-4-2;;;;;;;;;;;;;;/h26H,4,6,8,10,12,16,19,21,23-25H2,1-2H3,(H2,31,32,33);1H3;;;11*1H/q;;2*+1;;;;;;;;;;;/p-2/t26-;;;;;;;;;;;;;;/m0............../s1. The van der Waals surface area contributed by atoms with Gasteiger partial charge in [0.15, 0.2) is 6.10 Å². The molecule has 0 radical (unpaired) electrons. The molecule has 0 aromatic rings. The van der Waals surface area contributed by atoms with E-state index in [-0.39, 0.29) is 87.4 Å². The minimum atomic E-state index is -5.31. The summed E-state index contributed by atoms with van der Waals surface area (Å²) in [5.74, 6) is 27.0. The molecule has 9 nitrogen and oxygen atoms in total. The van der Waals surface area contributed by atoms with Crippen molar-refractivity contribution in [3.05, 3.63) is 0 Å². The van der Waals surface area contributed by atoms with Gasteiger partial charge in [-0.05, 0) is 72.5 Å². The molecule has 0 aliphatic carbocycles. The first-order chi connectivity index (χ1) is 17.8. The van der Waals surface area contributed by atoms with Crippen molar-refractivity contribution in [1.29, 1.82) is 0 Å². The van der Waals surface area contributed by atoms with E-state index in [2.05, 4.69) is 82.5 Å². The number of ether oxygens (including phenoxy) is 2. The monoisotopic (exact) mass is 609 g/mol. The molecule has 1 atom stereocenters. The van der Waals surface area contributed by atoms with Crippen molar-refractivity contribution in [3.8, 4) is 71.0 Å². The van der Waals surface area contributed by atoms with Crippen LogP contribution in [0.3, 0.4) is 0 Å². The summed E-state index contributed by atoms with van der Waals surface area (Å²) in [6.45, 7) is 2.47. The first-order valence-corrected chi connectivity index (χ1v) is 13.2. The molecule has 0 aliphatic heterocycles. The van der Waals surface area contributed by atoms with Gasteiger partial charge in [0.1, 0.15) is 6.61 Å². The largest absolute Gasteiger partial charge is 1.00 e. The van der Waals surface area contributed by atoms with Gasteiger partial charge in [-0.1, -0.05) is 57.8 Å². The predicted octanol–water partition coefficient (Wildman–Crippen LogP) is -1.27. The van der Waals surface area contributed by atoms with E-state index in [1.165, 1.54) is 19.3 Å². The van der Waals surface area contributed by atoms with E-state index in [1.54, 1.807) is 6.92 Å². The second kappa shape index (κ2) is 31.9. The molecule has 0 aromatic heterocycles. The van der Waals surface area contributed by atoms with Crippen LogP contribution in [0.15, 0.2) is 0 Å². The molecular weight excluding hydrogens is 555 g/mol. The Morgan fingerprint density at radius 2 is 1.25 bits per heavy atom. The molecule has 12 heteroatoms. The van der Waals surface area contributed by atoms with Gasteiger partial charge in [-0.15, -0.1) is 0 Å². The van der Waals surface area contributed by atoms with Crippen LogP contribution < -0.4 is 75.1 Å². The van der Waals surface area contributed by atoms with Gasteiger partial charge in [0.25, 0.3) is 0 Å². The number of unbranched alkanes of at least 4 members (excludes halogenated alkanes) is 7. The summed E-state index contributed by atoms with van der Waals surface area (Å²) in [5.41, 5.74) is 0. The van der Waals surface area contributed by atoms with Gasteiger partial charge in [-0.25, -0.2) is 4.79 Å². The van der Waals surface area contributed by atoms with E-state index in [0.717, 1.165) is 25.7 Å². The topological polar surface area (TPSA) is 160 Å². The molecule has 0 rings (SSSR count). The van der Waals surface area contributed by atoms with Gasteiger partial charge in [-0.2, -0.15) is 0 Å². The molecule has 0 saturated heterocycles. The number of carbonyl (C=O) groups is 2. The molecule has 0 bridgehead atoms. The summed E-state index contributed by atoms with van der Waals surface area (Å²) in [5, 5.41) is 0. The fourth-order valence-corrected chi connectivity index (χ4v) is 2.89. The summed E-state index contributed by atoms with van der Waals surface area (Å²) < 4.78 is 24.9. The number of phosphoric ester groups is 1. The van der Waals surface area contributed by atoms with E-state index in [4.69, 9.17) is 9.47 Å². The smallest absolute Gasteiger partial charge is 0.790 e. The van der Waals surface area contributed by atoms with Crippen LogP contribution in [-0.2, 0) is 28.2 Å². The van der Waals surface area contributed by atoms with Crippen LogP contribution in [0.5, 0.6) is 0 Å². The van der Waals surface area contributed by atoms with Gasteiger partial charge >= 0.3 is 71.1 Å². The molecule has 0 unspecified atom stereocenters. The van der Waals surface area contributed by atoms with Crippen LogP contribution in [0.4, 0.5) is 0 Å². The Morgan fingerprint density at radius 1 is 0.775 bits per heavy atom. The van der Waals surface area contributed by atoms with Crippen molar-refractivity contribution in [2.75, 3.05) is 13.2 Å². The Labute approximate surface area is 299 Å². The summed E-state index contributed by atoms with van der Waals surface area (Å²) in [7, 11) is -5.31.